The highest BCUT2D eigenvalue weighted by Gasteiger charge is 2.02. The molecule has 1 nitrogen and oxygen atoms in total. The third-order valence-electron chi connectivity index (χ3n) is 1.37. The standard InChI is InChI=1S/C8H7ClOS2/c1-12-8(11)5-2-3-7(10)6(9)4-5/h2-4,10H,1H3. The van der Waals surface area contributed by atoms with Crippen LogP contribution in [0.5, 0.6) is 5.75 Å². The monoisotopic (exact) mass is 218 g/mol. The van der Waals surface area contributed by atoms with Crippen LogP contribution in [0.4, 0.5) is 0 Å². The lowest BCUT2D eigenvalue weighted by molar-refractivity contribution is 0.475. The molecule has 0 amide bonds. The fourth-order valence-corrected chi connectivity index (χ4v) is 1.42. The van der Waals surface area contributed by atoms with E-state index in [1.54, 1.807) is 18.2 Å². The summed E-state index contributed by atoms with van der Waals surface area (Å²) in [6.07, 6.45) is 1.91. The van der Waals surface area contributed by atoms with E-state index < -0.39 is 0 Å². The second-order valence-electron chi connectivity index (χ2n) is 2.16. The molecule has 0 fully saturated rings. The van der Waals surface area contributed by atoms with Crippen LogP contribution in [-0.4, -0.2) is 15.6 Å². The van der Waals surface area contributed by atoms with Gasteiger partial charge in [-0.25, -0.2) is 0 Å². The minimum absolute atomic E-state index is 0.0873. The van der Waals surface area contributed by atoms with Gasteiger partial charge in [-0.2, -0.15) is 0 Å². The molecule has 0 radical (unpaired) electrons. The summed E-state index contributed by atoms with van der Waals surface area (Å²) in [5, 5.41) is 9.45. The van der Waals surface area contributed by atoms with Crippen molar-refractivity contribution < 1.29 is 5.11 Å². The molecule has 0 aliphatic carbocycles. The van der Waals surface area contributed by atoms with Gasteiger partial charge >= 0.3 is 0 Å². The average Bonchev–Trinajstić information content (AvgIpc) is 2.08. The van der Waals surface area contributed by atoms with E-state index >= 15 is 0 Å². The number of thiocarbonyl (C=S) groups is 1. The number of hydrogen-bond acceptors (Lipinski definition) is 3. The van der Waals surface area contributed by atoms with Crippen LogP contribution in [-0.2, 0) is 0 Å². The quantitative estimate of drug-likeness (QED) is 0.732. The van der Waals surface area contributed by atoms with Crippen molar-refractivity contribution in [1.82, 2.24) is 0 Å². The van der Waals surface area contributed by atoms with E-state index in [1.807, 2.05) is 6.26 Å². The molecule has 0 bridgehead atoms. The first-order valence-electron chi connectivity index (χ1n) is 3.22. The molecule has 0 saturated carbocycles. The minimum atomic E-state index is 0.0873. The van der Waals surface area contributed by atoms with Gasteiger partial charge in [-0.1, -0.05) is 23.8 Å². The Balaban J connectivity index is 3.05. The maximum Gasteiger partial charge on any atom is 0.134 e. The molecule has 1 N–H and O–H groups in total. The SMILES string of the molecule is CSC(=S)c1ccc(O)c(Cl)c1. The second-order valence-corrected chi connectivity index (χ2v) is 4.05. The number of phenols is 1. The second kappa shape index (κ2) is 4.12. The highest BCUT2D eigenvalue weighted by atomic mass is 35.5. The van der Waals surface area contributed by atoms with Gasteiger partial charge in [-0.15, -0.1) is 11.8 Å². The van der Waals surface area contributed by atoms with Gasteiger partial charge in [0, 0.05) is 5.56 Å². The van der Waals surface area contributed by atoms with Crippen LogP contribution < -0.4 is 0 Å². The number of benzene rings is 1. The van der Waals surface area contributed by atoms with Crippen LogP contribution in [0.1, 0.15) is 5.56 Å². The largest absolute Gasteiger partial charge is 0.506 e. The maximum absolute atomic E-state index is 9.12. The fourth-order valence-electron chi connectivity index (χ4n) is 0.752. The molecule has 64 valence electrons. The lowest BCUT2D eigenvalue weighted by Gasteiger charge is -2.01. The highest BCUT2D eigenvalue weighted by molar-refractivity contribution is 8.23. The molecule has 1 aromatic carbocycles. The van der Waals surface area contributed by atoms with E-state index in [2.05, 4.69) is 0 Å². The number of aromatic hydroxyl groups is 1. The molecule has 0 aromatic heterocycles. The van der Waals surface area contributed by atoms with Crippen molar-refractivity contribution in [2.75, 3.05) is 6.26 Å². The highest BCUT2D eigenvalue weighted by Crippen LogP contribution is 2.25. The number of hydrogen-bond donors (Lipinski definition) is 1. The van der Waals surface area contributed by atoms with Crippen LogP contribution in [0.15, 0.2) is 18.2 Å². The zero-order chi connectivity index (χ0) is 9.14. The molecule has 0 saturated heterocycles. The Morgan fingerprint density at radius 3 is 2.75 bits per heavy atom. The van der Waals surface area contributed by atoms with Crippen molar-refractivity contribution in [3.05, 3.63) is 28.8 Å². The smallest absolute Gasteiger partial charge is 0.134 e. The zero-order valence-electron chi connectivity index (χ0n) is 6.37. The van der Waals surface area contributed by atoms with Crippen LogP contribution >= 0.6 is 35.6 Å². The van der Waals surface area contributed by atoms with Crippen molar-refractivity contribution in [2.45, 2.75) is 0 Å². The van der Waals surface area contributed by atoms with Crippen molar-refractivity contribution in [1.29, 1.82) is 0 Å². The summed E-state index contributed by atoms with van der Waals surface area (Å²) in [7, 11) is 0. The number of halogens is 1. The van der Waals surface area contributed by atoms with E-state index in [-0.39, 0.29) is 5.75 Å². The van der Waals surface area contributed by atoms with Gasteiger partial charge in [0.1, 0.15) is 5.75 Å². The molecule has 0 atom stereocenters. The molecular formula is C8H7ClOS2. The average molecular weight is 219 g/mol. The van der Waals surface area contributed by atoms with E-state index in [4.69, 9.17) is 28.9 Å². The number of thioether (sulfide) groups is 1. The van der Waals surface area contributed by atoms with Gasteiger partial charge in [0.05, 0.1) is 9.22 Å². The summed E-state index contributed by atoms with van der Waals surface area (Å²) in [6.45, 7) is 0. The first-order chi connectivity index (χ1) is 5.65. The van der Waals surface area contributed by atoms with Crippen LogP contribution in [0.2, 0.25) is 5.02 Å². The van der Waals surface area contributed by atoms with Crippen molar-refractivity contribution >= 4 is 39.8 Å². The zero-order valence-corrected chi connectivity index (χ0v) is 8.76. The third-order valence-corrected chi connectivity index (χ3v) is 3.01. The molecule has 0 heterocycles. The molecule has 1 aromatic rings. The molecular weight excluding hydrogens is 212 g/mol. The van der Waals surface area contributed by atoms with Gasteiger partial charge in [0.15, 0.2) is 0 Å². The van der Waals surface area contributed by atoms with Crippen LogP contribution in [0.3, 0.4) is 0 Å². The first-order valence-corrected chi connectivity index (χ1v) is 5.23. The molecule has 0 aliphatic rings. The van der Waals surface area contributed by atoms with E-state index in [9.17, 15) is 0 Å². The molecule has 12 heavy (non-hydrogen) atoms. The summed E-state index contributed by atoms with van der Waals surface area (Å²) in [5.41, 5.74) is 0.875. The van der Waals surface area contributed by atoms with Gasteiger partial charge in [-0.05, 0) is 24.5 Å². The Morgan fingerprint density at radius 1 is 1.58 bits per heavy atom. The Labute approximate surface area is 85.7 Å². The van der Waals surface area contributed by atoms with Crippen molar-refractivity contribution in [3.63, 3.8) is 0 Å². The first kappa shape index (κ1) is 9.84. The van der Waals surface area contributed by atoms with Gasteiger partial charge in [0.25, 0.3) is 0 Å². The van der Waals surface area contributed by atoms with Crippen LogP contribution in [0.25, 0.3) is 0 Å². The Bertz CT molecular complexity index is 312. The van der Waals surface area contributed by atoms with E-state index in [0.29, 0.717) is 5.02 Å². The van der Waals surface area contributed by atoms with E-state index in [0.717, 1.165) is 9.76 Å². The van der Waals surface area contributed by atoms with Crippen LogP contribution in [0, 0.1) is 0 Å². The lowest BCUT2D eigenvalue weighted by atomic mass is 10.2. The maximum atomic E-state index is 9.12. The summed E-state index contributed by atoms with van der Waals surface area (Å²) in [6, 6.07) is 4.95. The fraction of sp³-hybridized carbons (Fsp3) is 0.125. The Kier molecular flexibility index (Phi) is 3.38. The number of rotatable bonds is 1. The summed E-state index contributed by atoms with van der Waals surface area (Å²) in [5.74, 6) is 0.0873. The van der Waals surface area contributed by atoms with E-state index in [1.165, 1.54) is 11.8 Å². The van der Waals surface area contributed by atoms with Gasteiger partial charge in [-0.3, -0.25) is 0 Å². The van der Waals surface area contributed by atoms with Gasteiger partial charge < -0.3 is 5.11 Å². The minimum Gasteiger partial charge on any atom is -0.506 e. The lowest BCUT2D eigenvalue weighted by Crippen LogP contribution is -1.89. The van der Waals surface area contributed by atoms with Crippen molar-refractivity contribution in [2.24, 2.45) is 0 Å². The molecule has 0 aliphatic heterocycles. The Morgan fingerprint density at radius 2 is 2.25 bits per heavy atom. The summed E-state index contributed by atoms with van der Waals surface area (Å²) < 4.78 is 0.775. The van der Waals surface area contributed by atoms with Gasteiger partial charge in [0.2, 0.25) is 0 Å². The van der Waals surface area contributed by atoms with Crippen molar-refractivity contribution in [3.8, 4) is 5.75 Å². The molecule has 4 heteroatoms. The summed E-state index contributed by atoms with van der Waals surface area (Å²) in [4.78, 5) is 0. The molecule has 0 spiro atoms. The predicted octanol–water partition coefficient (Wildman–Crippen LogP) is 3.08. The normalized spacial score (nSPS) is 9.83. The molecule has 0 unspecified atom stereocenters. The third kappa shape index (κ3) is 2.12. The topological polar surface area (TPSA) is 20.2 Å². The predicted molar refractivity (Wildman–Crippen MR) is 58.3 cm³/mol. The summed E-state index contributed by atoms with van der Waals surface area (Å²) >= 11 is 12.2. The Hall–Kier alpha value is -0.250. The number of phenolic OH excluding ortho intramolecular Hbond substituents is 1. The molecule has 1 rings (SSSR count).